The van der Waals surface area contributed by atoms with Gasteiger partial charge in [0.05, 0.1) is 0 Å². The van der Waals surface area contributed by atoms with Gasteiger partial charge in [0.15, 0.2) is 11.0 Å². The van der Waals surface area contributed by atoms with Crippen molar-refractivity contribution in [1.82, 2.24) is 9.97 Å². The molecule has 16 heavy (non-hydrogen) atoms. The molecule has 4 nitrogen and oxygen atoms in total. The minimum atomic E-state index is 0.249. The summed E-state index contributed by atoms with van der Waals surface area (Å²) in [4.78, 5) is 7.87. The Balaban J connectivity index is 2.65. The maximum atomic E-state index is 5.80. The Kier molecular flexibility index (Phi) is 3.97. The van der Waals surface area contributed by atoms with Gasteiger partial charge in [-0.05, 0) is 11.3 Å². The maximum absolute atomic E-state index is 5.80. The lowest BCUT2D eigenvalue weighted by Gasteiger charge is -2.27. The van der Waals surface area contributed by atoms with Crippen LogP contribution in [0.3, 0.4) is 0 Å². The molecule has 0 saturated carbocycles. The number of nitrogens with zero attached hydrogens (tertiary/aromatic N) is 2. The van der Waals surface area contributed by atoms with Gasteiger partial charge in [-0.1, -0.05) is 39.3 Å². The monoisotopic (exact) mass is 242 g/mol. The summed E-state index contributed by atoms with van der Waals surface area (Å²) in [6.07, 6.45) is 1.41. The molecule has 0 spiro atoms. The standard InChI is InChI=1S/C11H19ClN4/c1-7(11(2,3)4)5-14-10-8(13)9(12)15-6-16-10/h6-7H,5,13H2,1-4H3,(H,14,15,16). The van der Waals surface area contributed by atoms with E-state index in [9.17, 15) is 0 Å². The van der Waals surface area contributed by atoms with Gasteiger partial charge in [0, 0.05) is 6.54 Å². The molecule has 0 aliphatic rings. The molecular formula is C11H19ClN4. The topological polar surface area (TPSA) is 63.8 Å². The van der Waals surface area contributed by atoms with E-state index in [0.29, 0.717) is 22.6 Å². The van der Waals surface area contributed by atoms with Crippen molar-refractivity contribution in [2.45, 2.75) is 27.7 Å². The molecule has 5 heteroatoms. The number of halogens is 1. The SMILES string of the molecule is CC(CNc1ncnc(Cl)c1N)C(C)(C)C. The molecule has 0 fully saturated rings. The van der Waals surface area contributed by atoms with E-state index in [4.69, 9.17) is 17.3 Å². The van der Waals surface area contributed by atoms with Crippen LogP contribution in [0, 0.1) is 11.3 Å². The van der Waals surface area contributed by atoms with Crippen molar-refractivity contribution in [1.29, 1.82) is 0 Å². The highest BCUT2D eigenvalue weighted by Gasteiger charge is 2.20. The third-order valence-corrected chi connectivity index (χ3v) is 3.19. The summed E-state index contributed by atoms with van der Waals surface area (Å²) in [7, 11) is 0. The number of nitrogens with two attached hydrogens (primary N) is 1. The average molecular weight is 243 g/mol. The van der Waals surface area contributed by atoms with Crippen LogP contribution in [0.1, 0.15) is 27.7 Å². The van der Waals surface area contributed by atoms with Gasteiger partial charge in [0.2, 0.25) is 0 Å². The van der Waals surface area contributed by atoms with Crippen LogP contribution in [0.5, 0.6) is 0 Å². The number of nitrogen functional groups attached to an aromatic ring is 1. The highest BCUT2D eigenvalue weighted by molar-refractivity contribution is 6.32. The molecule has 1 aromatic rings. The molecule has 0 aliphatic heterocycles. The van der Waals surface area contributed by atoms with Gasteiger partial charge in [0.25, 0.3) is 0 Å². The second-order valence-corrected chi connectivity index (χ2v) is 5.43. The van der Waals surface area contributed by atoms with E-state index in [0.717, 1.165) is 6.54 Å². The predicted molar refractivity (Wildman–Crippen MR) is 68.6 cm³/mol. The molecule has 0 aromatic carbocycles. The lowest BCUT2D eigenvalue weighted by Crippen LogP contribution is -2.25. The number of hydrogen-bond acceptors (Lipinski definition) is 4. The van der Waals surface area contributed by atoms with Gasteiger partial charge in [0.1, 0.15) is 12.0 Å². The second kappa shape index (κ2) is 4.87. The Morgan fingerprint density at radius 3 is 2.62 bits per heavy atom. The van der Waals surface area contributed by atoms with Crippen molar-refractivity contribution in [3.63, 3.8) is 0 Å². The number of anilines is 2. The quantitative estimate of drug-likeness (QED) is 0.800. The lowest BCUT2D eigenvalue weighted by atomic mass is 9.82. The minimum absolute atomic E-state index is 0.249. The minimum Gasteiger partial charge on any atom is -0.393 e. The van der Waals surface area contributed by atoms with Crippen molar-refractivity contribution in [2.75, 3.05) is 17.6 Å². The lowest BCUT2D eigenvalue weighted by molar-refractivity contribution is 0.274. The van der Waals surface area contributed by atoms with Crippen LogP contribution in [0.4, 0.5) is 11.5 Å². The molecule has 0 saturated heterocycles. The van der Waals surface area contributed by atoms with Gasteiger partial charge in [-0.15, -0.1) is 0 Å². The van der Waals surface area contributed by atoms with E-state index in [2.05, 4.69) is 43.0 Å². The van der Waals surface area contributed by atoms with Crippen LogP contribution in [-0.4, -0.2) is 16.5 Å². The third-order valence-electron chi connectivity index (χ3n) is 2.89. The average Bonchev–Trinajstić information content (AvgIpc) is 2.18. The second-order valence-electron chi connectivity index (χ2n) is 5.07. The summed E-state index contributed by atoms with van der Waals surface area (Å²) in [5.74, 6) is 1.11. The maximum Gasteiger partial charge on any atom is 0.157 e. The van der Waals surface area contributed by atoms with Crippen molar-refractivity contribution in [3.8, 4) is 0 Å². The van der Waals surface area contributed by atoms with Gasteiger partial charge in [-0.25, -0.2) is 9.97 Å². The number of hydrogen-bond donors (Lipinski definition) is 2. The van der Waals surface area contributed by atoms with Gasteiger partial charge >= 0.3 is 0 Å². The van der Waals surface area contributed by atoms with E-state index in [-0.39, 0.29) is 5.41 Å². The normalized spacial score (nSPS) is 13.6. The van der Waals surface area contributed by atoms with Crippen LogP contribution >= 0.6 is 11.6 Å². The van der Waals surface area contributed by atoms with Crippen molar-refractivity contribution in [3.05, 3.63) is 11.5 Å². The Bertz CT molecular complexity index is 359. The first-order valence-corrected chi connectivity index (χ1v) is 5.70. The van der Waals surface area contributed by atoms with Crippen molar-refractivity contribution < 1.29 is 0 Å². The molecule has 0 amide bonds. The molecule has 1 heterocycles. The Hall–Kier alpha value is -1.03. The summed E-state index contributed by atoms with van der Waals surface area (Å²) in [6.45, 7) is 9.61. The summed E-state index contributed by atoms with van der Waals surface area (Å²) in [5.41, 5.74) is 6.41. The summed E-state index contributed by atoms with van der Waals surface area (Å²) >= 11 is 5.80. The fourth-order valence-electron chi connectivity index (χ4n) is 1.07. The van der Waals surface area contributed by atoms with Crippen LogP contribution < -0.4 is 11.1 Å². The first kappa shape index (κ1) is 13.0. The van der Waals surface area contributed by atoms with E-state index in [1.807, 2.05) is 0 Å². The molecular weight excluding hydrogens is 224 g/mol. The number of rotatable bonds is 3. The summed E-state index contributed by atoms with van der Waals surface area (Å²) in [6, 6.07) is 0. The van der Waals surface area contributed by atoms with E-state index >= 15 is 0 Å². The zero-order valence-electron chi connectivity index (χ0n) is 10.2. The molecule has 0 bridgehead atoms. The summed E-state index contributed by atoms with van der Waals surface area (Å²) in [5, 5.41) is 3.49. The van der Waals surface area contributed by atoms with Crippen molar-refractivity contribution >= 4 is 23.1 Å². The Morgan fingerprint density at radius 1 is 1.44 bits per heavy atom. The van der Waals surface area contributed by atoms with E-state index in [1.54, 1.807) is 0 Å². The first-order chi connectivity index (χ1) is 7.32. The molecule has 1 aromatic heterocycles. The van der Waals surface area contributed by atoms with Gasteiger partial charge < -0.3 is 11.1 Å². The molecule has 1 atom stereocenters. The number of nitrogens with one attached hydrogen (secondary N) is 1. The highest BCUT2D eigenvalue weighted by Crippen LogP contribution is 2.27. The molecule has 1 rings (SSSR count). The first-order valence-electron chi connectivity index (χ1n) is 5.32. The predicted octanol–water partition coefficient (Wildman–Crippen LogP) is 2.81. The van der Waals surface area contributed by atoms with Crippen molar-refractivity contribution in [2.24, 2.45) is 11.3 Å². The molecule has 1 unspecified atom stereocenters. The van der Waals surface area contributed by atoms with E-state index in [1.165, 1.54) is 6.33 Å². The Labute approximate surface area is 102 Å². The molecule has 0 radical (unpaired) electrons. The Morgan fingerprint density at radius 2 is 2.06 bits per heavy atom. The fourth-order valence-corrected chi connectivity index (χ4v) is 1.20. The zero-order chi connectivity index (χ0) is 12.3. The van der Waals surface area contributed by atoms with Crippen LogP contribution in [0.25, 0.3) is 0 Å². The molecule has 3 N–H and O–H groups in total. The fraction of sp³-hybridized carbons (Fsp3) is 0.636. The van der Waals surface area contributed by atoms with E-state index < -0.39 is 0 Å². The smallest absolute Gasteiger partial charge is 0.157 e. The summed E-state index contributed by atoms with van der Waals surface area (Å²) < 4.78 is 0. The van der Waals surface area contributed by atoms with Crippen LogP contribution in [-0.2, 0) is 0 Å². The number of aromatic nitrogens is 2. The van der Waals surface area contributed by atoms with Gasteiger partial charge in [-0.2, -0.15) is 0 Å². The van der Waals surface area contributed by atoms with Crippen LogP contribution in [0.2, 0.25) is 5.15 Å². The molecule has 0 aliphatic carbocycles. The van der Waals surface area contributed by atoms with Crippen LogP contribution in [0.15, 0.2) is 6.33 Å². The largest absolute Gasteiger partial charge is 0.393 e. The zero-order valence-corrected chi connectivity index (χ0v) is 11.0. The van der Waals surface area contributed by atoms with Gasteiger partial charge in [-0.3, -0.25) is 0 Å². The molecule has 90 valence electrons. The third kappa shape index (κ3) is 3.23. The highest BCUT2D eigenvalue weighted by atomic mass is 35.5.